The van der Waals surface area contributed by atoms with Crippen molar-refractivity contribution in [1.29, 1.82) is 0 Å². The van der Waals surface area contributed by atoms with Crippen LogP contribution in [0.15, 0.2) is 29.5 Å². The summed E-state index contributed by atoms with van der Waals surface area (Å²) >= 11 is 0. The molecule has 0 atom stereocenters. The van der Waals surface area contributed by atoms with Crippen LogP contribution in [0.5, 0.6) is 0 Å². The highest BCUT2D eigenvalue weighted by atomic mass is 19.1. The fourth-order valence-corrected chi connectivity index (χ4v) is 5.08. The first-order valence-corrected chi connectivity index (χ1v) is 12.1. The molecule has 0 saturated carbocycles. The molecule has 0 aromatic carbocycles. The average Bonchev–Trinajstić information content (AvgIpc) is 3.31. The van der Waals surface area contributed by atoms with Gasteiger partial charge in [0.15, 0.2) is 5.82 Å². The van der Waals surface area contributed by atoms with Crippen LogP contribution in [0, 0.1) is 11.2 Å². The van der Waals surface area contributed by atoms with Gasteiger partial charge in [0.2, 0.25) is 0 Å². The van der Waals surface area contributed by atoms with Crippen LogP contribution in [0.1, 0.15) is 65.3 Å². The second-order valence-electron chi connectivity index (χ2n) is 11.5. The van der Waals surface area contributed by atoms with E-state index in [1.807, 2.05) is 27.7 Å². The Hall–Kier alpha value is -2.98. The van der Waals surface area contributed by atoms with E-state index < -0.39 is 35.7 Å². The van der Waals surface area contributed by atoms with Crippen molar-refractivity contribution < 1.29 is 23.2 Å². The predicted molar refractivity (Wildman–Crippen MR) is 133 cm³/mol. The van der Waals surface area contributed by atoms with E-state index in [0.29, 0.717) is 29.4 Å². The number of halogens is 1. The summed E-state index contributed by atoms with van der Waals surface area (Å²) in [6.07, 6.45) is 6.07. The van der Waals surface area contributed by atoms with Crippen molar-refractivity contribution in [1.82, 2.24) is 14.0 Å². The Balaban J connectivity index is 1.67. The van der Waals surface area contributed by atoms with Crippen molar-refractivity contribution in [2.75, 3.05) is 0 Å². The van der Waals surface area contributed by atoms with Crippen molar-refractivity contribution in [3.8, 4) is 5.82 Å². The highest BCUT2D eigenvalue weighted by Gasteiger charge is 2.52. The van der Waals surface area contributed by atoms with Crippen LogP contribution in [-0.2, 0) is 38.3 Å². The number of ether oxygens (including phenoxy) is 1. The molecular formula is C26H31BFN3O5. The Morgan fingerprint density at radius 2 is 1.81 bits per heavy atom. The fraction of sp³-hybridized carbons (Fsp3) is 0.500. The minimum absolute atomic E-state index is 0.0146. The monoisotopic (exact) mass is 495 g/mol. The third-order valence-corrected chi connectivity index (χ3v) is 7.66. The van der Waals surface area contributed by atoms with Gasteiger partial charge in [-0.3, -0.25) is 14.2 Å². The summed E-state index contributed by atoms with van der Waals surface area (Å²) < 4.78 is 36.3. The fourth-order valence-electron chi connectivity index (χ4n) is 5.08. The first-order chi connectivity index (χ1) is 16.7. The minimum Gasteiger partial charge on any atom is -0.461 e. The highest BCUT2D eigenvalue weighted by Crippen LogP contribution is 2.39. The van der Waals surface area contributed by atoms with E-state index in [0.717, 1.165) is 5.69 Å². The van der Waals surface area contributed by atoms with Crippen LogP contribution in [0.25, 0.3) is 11.3 Å². The lowest BCUT2D eigenvalue weighted by molar-refractivity contribution is -0.142. The minimum atomic E-state index is -0.766. The molecule has 10 heteroatoms. The van der Waals surface area contributed by atoms with Crippen LogP contribution < -0.4 is 11.0 Å². The van der Waals surface area contributed by atoms with Crippen molar-refractivity contribution in [2.24, 2.45) is 5.41 Å². The molecule has 3 aromatic heterocycles. The Kier molecular flexibility index (Phi) is 5.50. The first kappa shape index (κ1) is 24.7. The second kappa shape index (κ2) is 8.01. The lowest BCUT2D eigenvalue weighted by atomic mass is 9.76. The molecule has 1 saturated heterocycles. The number of esters is 1. The molecule has 8 nitrogen and oxygen atoms in total. The van der Waals surface area contributed by atoms with E-state index in [1.54, 1.807) is 29.1 Å². The standard InChI is InChI=1S/C26H31BFN3O5/c1-15(32)34-14-17-18(27-35-25(4,5)26(6,7)36-27)8-9-29-22(17)31-11-10-30-19-13-24(2,3)12-16(19)20(28)21(30)23(31)33/h8-11H,12-14H2,1-7H3. The lowest BCUT2D eigenvalue weighted by Gasteiger charge is -2.32. The van der Waals surface area contributed by atoms with Gasteiger partial charge in [-0.2, -0.15) is 0 Å². The third kappa shape index (κ3) is 3.78. The highest BCUT2D eigenvalue weighted by molar-refractivity contribution is 6.62. The van der Waals surface area contributed by atoms with Crippen LogP contribution >= 0.6 is 0 Å². The summed E-state index contributed by atoms with van der Waals surface area (Å²) in [7, 11) is -0.766. The Morgan fingerprint density at radius 3 is 2.44 bits per heavy atom. The van der Waals surface area contributed by atoms with E-state index in [2.05, 4.69) is 18.8 Å². The molecule has 1 aliphatic heterocycles. The van der Waals surface area contributed by atoms with E-state index in [-0.39, 0.29) is 23.4 Å². The Labute approximate surface area is 209 Å². The molecule has 0 radical (unpaired) electrons. The largest absolute Gasteiger partial charge is 0.495 e. The second-order valence-corrected chi connectivity index (χ2v) is 11.5. The maximum Gasteiger partial charge on any atom is 0.495 e. The van der Waals surface area contributed by atoms with Gasteiger partial charge >= 0.3 is 13.1 Å². The number of hydrogen-bond donors (Lipinski definition) is 0. The SMILES string of the molecule is CC(=O)OCc1c(B2OC(C)(C)C(C)(C)O2)ccnc1-n1ccn2c3c(c(F)c2c1=O)CC(C)(C)C3. The van der Waals surface area contributed by atoms with Gasteiger partial charge in [0.1, 0.15) is 17.9 Å². The first-order valence-electron chi connectivity index (χ1n) is 12.1. The number of carbonyl (C=O) groups is 1. The molecule has 0 unspecified atom stereocenters. The number of carbonyl (C=O) groups excluding carboxylic acids is 1. The zero-order valence-electron chi connectivity index (χ0n) is 21.8. The van der Waals surface area contributed by atoms with Gasteiger partial charge in [-0.05, 0) is 57.5 Å². The molecule has 190 valence electrons. The van der Waals surface area contributed by atoms with Crippen LogP contribution in [0.3, 0.4) is 0 Å². The van der Waals surface area contributed by atoms with Gasteiger partial charge < -0.3 is 18.4 Å². The molecular weight excluding hydrogens is 464 g/mol. The zero-order valence-corrected chi connectivity index (χ0v) is 21.8. The Bertz CT molecular complexity index is 1440. The summed E-state index contributed by atoms with van der Waals surface area (Å²) in [5.74, 6) is -0.736. The summed E-state index contributed by atoms with van der Waals surface area (Å²) in [6, 6.07) is 1.72. The van der Waals surface area contributed by atoms with Crippen molar-refractivity contribution in [2.45, 2.75) is 79.1 Å². The number of nitrogens with zero attached hydrogens (tertiary/aromatic N) is 3. The maximum absolute atomic E-state index is 15.5. The smallest absolute Gasteiger partial charge is 0.461 e. The quantitative estimate of drug-likeness (QED) is 0.409. The molecule has 1 fully saturated rings. The number of rotatable bonds is 4. The number of pyridine rings is 1. The Morgan fingerprint density at radius 1 is 1.14 bits per heavy atom. The molecule has 1 aliphatic carbocycles. The van der Waals surface area contributed by atoms with Gasteiger partial charge in [0.25, 0.3) is 5.56 Å². The van der Waals surface area contributed by atoms with E-state index in [4.69, 9.17) is 14.0 Å². The summed E-state index contributed by atoms with van der Waals surface area (Å²) in [4.78, 5) is 29.8. The molecule has 36 heavy (non-hydrogen) atoms. The molecule has 0 spiro atoms. The maximum atomic E-state index is 15.5. The molecule has 0 amide bonds. The average molecular weight is 495 g/mol. The number of fused-ring (bicyclic) bond motifs is 3. The van der Waals surface area contributed by atoms with Crippen molar-refractivity contribution in [3.05, 3.63) is 57.6 Å². The number of aromatic nitrogens is 3. The molecule has 2 aliphatic rings. The zero-order chi connectivity index (χ0) is 26.2. The number of hydrogen-bond acceptors (Lipinski definition) is 6. The summed E-state index contributed by atoms with van der Waals surface area (Å²) in [5.41, 5.74) is 0.661. The molecule has 0 bridgehead atoms. The van der Waals surface area contributed by atoms with Gasteiger partial charge in [-0.1, -0.05) is 13.8 Å². The van der Waals surface area contributed by atoms with Gasteiger partial charge in [-0.25, -0.2) is 9.37 Å². The van der Waals surface area contributed by atoms with E-state index in [9.17, 15) is 9.59 Å². The van der Waals surface area contributed by atoms with Gasteiger partial charge in [-0.15, -0.1) is 0 Å². The molecule has 4 heterocycles. The van der Waals surface area contributed by atoms with Crippen LogP contribution in [0.2, 0.25) is 0 Å². The molecule has 3 aromatic rings. The molecule has 5 rings (SSSR count). The predicted octanol–water partition coefficient (Wildman–Crippen LogP) is 3.11. The lowest BCUT2D eigenvalue weighted by Crippen LogP contribution is -2.41. The third-order valence-electron chi connectivity index (χ3n) is 7.66. The molecule has 0 N–H and O–H groups in total. The van der Waals surface area contributed by atoms with Crippen LogP contribution in [0.4, 0.5) is 4.39 Å². The topological polar surface area (TPSA) is 84.1 Å². The van der Waals surface area contributed by atoms with Crippen LogP contribution in [-0.4, -0.2) is 38.2 Å². The van der Waals surface area contributed by atoms with Crippen molar-refractivity contribution >= 4 is 24.1 Å². The van der Waals surface area contributed by atoms with Gasteiger partial charge in [0.05, 0.1) is 11.2 Å². The van der Waals surface area contributed by atoms with Crippen molar-refractivity contribution in [3.63, 3.8) is 0 Å². The summed E-state index contributed by atoms with van der Waals surface area (Å²) in [5, 5.41) is 0. The van der Waals surface area contributed by atoms with Gasteiger partial charge in [0, 0.05) is 42.3 Å². The normalized spacial score (nSPS) is 19.6. The van der Waals surface area contributed by atoms with E-state index >= 15 is 4.39 Å². The van der Waals surface area contributed by atoms with E-state index in [1.165, 1.54) is 11.5 Å². The summed E-state index contributed by atoms with van der Waals surface area (Å²) in [6.45, 7) is 13.1.